The van der Waals surface area contributed by atoms with Gasteiger partial charge < -0.3 is 14.2 Å². The maximum absolute atomic E-state index is 12.5. The molecule has 0 atom stereocenters. The maximum Gasteiger partial charge on any atom is 0.253 e. The van der Waals surface area contributed by atoms with Gasteiger partial charge in [0.2, 0.25) is 11.7 Å². The third kappa shape index (κ3) is 3.88. The minimum absolute atomic E-state index is 0.0947. The van der Waals surface area contributed by atoms with E-state index in [4.69, 9.17) is 9.26 Å². The van der Waals surface area contributed by atoms with Gasteiger partial charge in [-0.1, -0.05) is 12.1 Å². The molecule has 0 spiro atoms. The quantitative estimate of drug-likeness (QED) is 0.868. The summed E-state index contributed by atoms with van der Waals surface area (Å²) in [6.45, 7) is 5.90. The van der Waals surface area contributed by atoms with Crippen LogP contribution >= 0.6 is 0 Å². The fourth-order valence-corrected chi connectivity index (χ4v) is 2.64. The largest absolute Gasteiger partial charge is 0.485 e. The van der Waals surface area contributed by atoms with Crippen molar-refractivity contribution in [1.29, 1.82) is 0 Å². The van der Waals surface area contributed by atoms with Crippen molar-refractivity contribution >= 4 is 5.91 Å². The van der Waals surface area contributed by atoms with Gasteiger partial charge >= 0.3 is 0 Å². The number of piperidine rings is 1. The second-order valence-corrected chi connectivity index (χ2v) is 6.02. The van der Waals surface area contributed by atoms with E-state index in [2.05, 4.69) is 17.1 Å². The molecule has 2 heterocycles. The minimum atomic E-state index is 0.0947. The van der Waals surface area contributed by atoms with Gasteiger partial charge in [-0.25, -0.2) is 0 Å². The van der Waals surface area contributed by atoms with Crippen LogP contribution in [0.1, 0.15) is 41.8 Å². The molecule has 6 nitrogen and oxygen atoms in total. The molecule has 1 aliphatic rings. The van der Waals surface area contributed by atoms with Crippen LogP contribution in [0.15, 0.2) is 28.8 Å². The van der Waals surface area contributed by atoms with Gasteiger partial charge in [-0.2, -0.15) is 4.98 Å². The molecule has 1 aliphatic heterocycles. The average Bonchev–Trinajstić information content (AvgIpc) is 2.99. The number of nitrogens with zero attached hydrogens (tertiary/aromatic N) is 3. The van der Waals surface area contributed by atoms with Crippen LogP contribution in [-0.4, -0.2) is 34.0 Å². The van der Waals surface area contributed by atoms with Gasteiger partial charge in [0.1, 0.15) is 5.75 Å². The van der Waals surface area contributed by atoms with Crippen LogP contribution < -0.4 is 4.74 Å². The zero-order valence-electron chi connectivity index (χ0n) is 13.5. The lowest BCUT2D eigenvalue weighted by Gasteiger charge is -2.30. The van der Waals surface area contributed by atoms with Crippen LogP contribution in [0.4, 0.5) is 0 Å². The molecule has 2 aromatic rings. The number of aromatic nitrogens is 2. The number of hydrogen-bond acceptors (Lipinski definition) is 5. The van der Waals surface area contributed by atoms with Crippen LogP contribution in [0.2, 0.25) is 0 Å². The maximum atomic E-state index is 12.5. The molecular formula is C17H21N3O3. The summed E-state index contributed by atoms with van der Waals surface area (Å²) in [6, 6.07) is 7.20. The molecule has 0 radical (unpaired) electrons. The topological polar surface area (TPSA) is 68.5 Å². The van der Waals surface area contributed by atoms with E-state index in [1.54, 1.807) is 31.2 Å². The summed E-state index contributed by atoms with van der Waals surface area (Å²) in [7, 11) is 0. The second-order valence-electron chi connectivity index (χ2n) is 6.02. The van der Waals surface area contributed by atoms with Gasteiger partial charge in [0.25, 0.3) is 5.91 Å². The number of ether oxygens (including phenoxy) is 1. The van der Waals surface area contributed by atoms with Crippen LogP contribution in [0.3, 0.4) is 0 Å². The summed E-state index contributed by atoms with van der Waals surface area (Å²) in [5.74, 6) is 2.50. The standard InChI is InChI=1S/C17H21N3O3/c1-12-7-9-20(10-8-12)17(21)14-3-5-15(6-4-14)22-11-16-18-13(2)23-19-16/h3-6,12H,7-11H2,1-2H3. The molecule has 0 unspecified atom stereocenters. The number of rotatable bonds is 4. The Kier molecular flexibility index (Phi) is 4.60. The molecule has 1 aromatic carbocycles. The van der Waals surface area contributed by atoms with Crippen LogP contribution in [0.25, 0.3) is 0 Å². The van der Waals surface area contributed by atoms with Crippen molar-refractivity contribution in [2.45, 2.75) is 33.3 Å². The van der Waals surface area contributed by atoms with Crippen LogP contribution in [0.5, 0.6) is 5.75 Å². The molecule has 0 aliphatic carbocycles. The summed E-state index contributed by atoms with van der Waals surface area (Å²) in [5.41, 5.74) is 0.697. The fraction of sp³-hybridized carbons (Fsp3) is 0.471. The highest BCUT2D eigenvalue weighted by Crippen LogP contribution is 2.20. The van der Waals surface area contributed by atoms with E-state index in [0.29, 0.717) is 28.9 Å². The van der Waals surface area contributed by atoms with Crippen molar-refractivity contribution in [3.05, 3.63) is 41.5 Å². The van der Waals surface area contributed by atoms with Crippen molar-refractivity contribution in [1.82, 2.24) is 15.0 Å². The molecule has 6 heteroatoms. The van der Waals surface area contributed by atoms with Gasteiger partial charge in [0.15, 0.2) is 6.61 Å². The summed E-state index contributed by atoms with van der Waals surface area (Å²) in [6.07, 6.45) is 2.16. The molecule has 23 heavy (non-hydrogen) atoms. The summed E-state index contributed by atoms with van der Waals surface area (Å²) in [5, 5.41) is 3.77. The van der Waals surface area contributed by atoms with E-state index >= 15 is 0 Å². The van der Waals surface area contributed by atoms with E-state index < -0.39 is 0 Å². The highest BCUT2D eigenvalue weighted by atomic mass is 16.5. The number of aryl methyl sites for hydroxylation is 1. The molecule has 122 valence electrons. The van der Waals surface area contributed by atoms with Crippen molar-refractivity contribution in [3.63, 3.8) is 0 Å². The van der Waals surface area contributed by atoms with Crippen LogP contribution in [-0.2, 0) is 6.61 Å². The van der Waals surface area contributed by atoms with Crippen molar-refractivity contribution in [2.75, 3.05) is 13.1 Å². The highest BCUT2D eigenvalue weighted by molar-refractivity contribution is 5.94. The molecule has 3 rings (SSSR count). The predicted molar refractivity (Wildman–Crippen MR) is 84.1 cm³/mol. The van der Waals surface area contributed by atoms with E-state index in [1.165, 1.54) is 0 Å². The summed E-state index contributed by atoms with van der Waals surface area (Å²) >= 11 is 0. The highest BCUT2D eigenvalue weighted by Gasteiger charge is 2.21. The minimum Gasteiger partial charge on any atom is -0.485 e. The molecule has 1 fully saturated rings. The lowest BCUT2D eigenvalue weighted by Crippen LogP contribution is -2.37. The number of carbonyl (C=O) groups is 1. The smallest absolute Gasteiger partial charge is 0.253 e. The summed E-state index contributed by atoms with van der Waals surface area (Å²) in [4.78, 5) is 18.5. The third-order valence-corrected chi connectivity index (χ3v) is 4.11. The number of likely N-dealkylation sites (tertiary alicyclic amines) is 1. The molecule has 0 bridgehead atoms. The molecule has 0 N–H and O–H groups in total. The Morgan fingerprint density at radius 1 is 1.30 bits per heavy atom. The SMILES string of the molecule is Cc1nc(COc2ccc(C(=O)N3CCC(C)CC3)cc2)no1. The predicted octanol–water partition coefficient (Wildman–Crippen LogP) is 2.83. The number of amides is 1. The molecule has 1 aromatic heterocycles. The van der Waals surface area contributed by atoms with E-state index in [9.17, 15) is 4.79 Å². The Balaban J connectivity index is 1.57. The van der Waals surface area contributed by atoms with Crippen molar-refractivity contribution in [3.8, 4) is 5.75 Å². The second kappa shape index (κ2) is 6.81. The first-order valence-corrected chi connectivity index (χ1v) is 7.93. The first-order chi connectivity index (χ1) is 11.1. The molecule has 0 saturated carbocycles. The van der Waals surface area contributed by atoms with Gasteiger partial charge in [-0.15, -0.1) is 0 Å². The van der Waals surface area contributed by atoms with Gasteiger partial charge in [-0.05, 0) is 43.0 Å². The average molecular weight is 315 g/mol. The monoisotopic (exact) mass is 315 g/mol. The Hall–Kier alpha value is -2.37. The Morgan fingerprint density at radius 3 is 2.61 bits per heavy atom. The zero-order chi connectivity index (χ0) is 16.2. The Morgan fingerprint density at radius 2 is 2.00 bits per heavy atom. The number of carbonyl (C=O) groups excluding carboxylic acids is 1. The molecule has 1 amide bonds. The van der Waals surface area contributed by atoms with E-state index in [-0.39, 0.29) is 12.5 Å². The van der Waals surface area contributed by atoms with Crippen LogP contribution in [0, 0.1) is 12.8 Å². The van der Waals surface area contributed by atoms with E-state index in [1.807, 2.05) is 4.90 Å². The molecular weight excluding hydrogens is 294 g/mol. The normalized spacial score (nSPS) is 15.7. The zero-order valence-corrected chi connectivity index (χ0v) is 13.5. The Labute approximate surface area is 135 Å². The fourth-order valence-electron chi connectivity index (χ4n) is 2.64. The van der Waals surface area contributed by atoms with Gasteiger partial charge in [0.05, 0.1) is 0 Å². The number of benzene rings is 1. The third-order valence-electron chi connectivity index (χ3n) is 4.11. The Bertz CT molecular complexity index is 658. The first-order valence-electron chi connectivity index (χ1n) is 7.93. The van der Waals surface area contributed by atoms with Gasteiger partial charge in [0, 0.05) is 25.6 Å². The van der Waals surface area contributed by atoms with E-state index in [0.717, 1.165) is 25.9 Å². The van der Waals surface area contributed by atoms with Crippen molar-refractivity contribution < 1.29 is 14.1 Å². The lowest BCUT2D eigenvalue weighted by atomic mass is 9.98. The summed E-state index contributed by atoms with van der Waals surface area (Å²) < 4.78 is 10.5. The number of hydrogen-bond donors (Lipinski definition) is 0. The first kappa shape index (κ1) is 15.5. The molecule has 1 saturated heterocycles. The lowest BCUT2D eigenvalue weighted by molar-refractivity contribution is 0.0697. The van der Waals surface area contributed by atoms with Crippen molar-refractivity contribution in [2.24, 2.45) is 5.92 Å². The van der Waals surface area contributed by atoms with Gasteiger partial charge in [-0.3, -0.25) is 4.79 Å².